The van der Waals surface area contributed by atoms with Crippen molar-refractivity contribution in [3.63, 3.8) is 0 Å². The molecule has 0 saturated carbocycles. The number of nitrogens with two attached hydrogens (primary N) is 1. The molecule has 0 aliphatic heterocycles. The molecule has 18 heavy (non-hydrogen) atoms. The van der Waals surface area contributed by atoms with E-state index in [1.165, 1.54) is 0 Å². The molecule has 0 saturated heterocycles. The average Bonchev–Trinajstić information content (AvgIpc) is 2.73. The second-order valence-corrected chi connectivity index (χ2v) is 4.71. The molecule has 6 nitrogen and oxygen atoms in total. The lowest BCUT2D eigenvalue weighted by molar-refractivity contribution is -0.117. The van der Waals surface area contributed by atoms with Crippen molar-refractivity contribution in [3.05, 3.63) is 12.4 Å². The van der Waals surface area contributed by atoms with Crippen LogP contribution in [-0.2, 0) is 16.1 Å². The van der Waals surface area contributed by atoms with E-state index in [0.29, 0.717) is 31.2 Å². The predicted molar refractivity (Wildman–Crippen MR) is 70.2 cm³/mol. The van der Waals surface area contributed by atoms with Crippen LogP contribution in [0, 0.1) is 5.92 Å². The van der Waals surface area contributed by atoms with E-state index in [0.717, 1.165) is 0 Å². The van der Waals surface area contributed by atoms with Gasteiger partial charge in [-0.2, -0.15) is 5.10 Å². The standard InChI is InChI=1S/C12H22N4O2/c1-9(2)6-11(13)12(17)15-10-7-14-16(8-10)4-5-18-3/h7-9,11H,4-6,13H2,1-3H3,(H,15,17). The van der Waals surface area contributed by atoms with Crippen LogP contribution in [0.3, 0.4) is 0 Å². The summed E-state index contributed by atoms with van der Waals surface area (Å²) >= 11 is 0. The van der Waals surface area contributed by atoms with Gasteiger partial charge in [0.05, 0.1) is 31.1 Å². The number of nitrogens with one attached hydrogen (secondary N) is 1. The Hall–Kier alpha value is -1.40. The Morgan fingerprint density at radius 1 is 1.61 bits per heavy atom. The predicted octanol–water partition coefficient (Wildman–Crippen LogP) is 0.841. The van der Waals surface area contributed by atoms with Crippen molar-refractivity contribution in [1.82, 2.24) is 9.78 Å². The van der Waals surface area contributed by atoms with E-state index in [9.17, 15) is 4.79 Å². The third kappa shape index (κ3) is 4.85. The quantitative estimate of drug-likeness (QED) is 0.755. The summed E-state index contributed by atoms with van der Waals surface area (Å²) in [4.78, 5) is 11.8. The smallest absolute Gasteiger partial charge is 0.241 e. The van der Waals surface area contributed by atoms with Gasteiger partial charge in [0.1, 0.15) is 0 Å². The zero-order chi connectivity index (χ0) is 13.5. The first-order chi connectivity index (χ1) is 8.52. The van der Waals surface area contributed by atoms with Crippen LogP contribution in [0.4, 0.5) is 5.69 Å². The van der Waals surface area contributed by atoms with Gasteiger partial charge in [0.25, 0.3) is 0 Å². The van der Waals surface area contributed by atoms with Crippen LogP contribution < -0.4 is 11.1 Å². The normalized spacial score (nSPS) is 12.7. The third-order valence-corrected chi connectivity index (χ3v) is 2.49. The minimum absolute atomic E-state index is 0.171. The Morgan fingerprint density at radius 3 is 2.94 bits per heavy atom. The maximum Gasteiger partial charge on any atom is 0.241 e. The van der Waals surface area contributed by atoms with E-state index in [1.54, 1.807) is 24.2 Å². The number of hydrogen-bond acceptors (Lipinski definition) is 4. The number of aromatic nitrogens is 2. The molecule has 0 radical (unpaired) electrons. The number of anilines is 1. The number of carbonyl (C=O) groups excluding carboxylic acids is 1. The summed E-state index contributed by atoms with van der Waals surface area (Å²) in [5.74, 6) is 0.227. The van der Waals surface area contributed by atoms with E-state index in [4.69, 9.17) is 10.5 Å². The van der Waals surface area contributed by atoms with Crippen molar-refractivity contribution in [2.24, 2.45) is 11.7 Å². The number of hydrogen-bond donors (Lipinski definition) is 2. The van der Waals surface area contributed by atoms with E-state index >= 15 is 0 Å². The topological polar surface area (TPSA) is 82.2 Å². The van der Waals surface area contributed by atoms with Gasteiger partial charge in [0.15, 0.2) is 0 Å². The monoisotopic (exact) mass is 254 g/mol. The molecular weight excluding hydrogens is 232 g/mol. The molecule has 1 heterocycles. The second kappa shape index (κ2) is 7.13. The molecule has 102 valence electrons. The summed E-state index contributed by atoms with van der Waals surface area (Å²) in [6.45, 7) is 5.32. The van der Waals surface area contributed by atoms with E-state index in [2.05, 4.69) is 10.4 Å². The lowest BCUT2D eigenvalue weighted by Gasteiger charge is -2.12. The number of rotatable bonds is 7. The first-order valence-electron chi connectivity index (χ1n) is 6.10. The van der Waals surface area contributed by atoms with Gasteiger partial charge in [-0.05, 0) is 12.3 Å². The lowest BCUT2D eigenvalue weighted by atomic mass is 10.0. The van der Waals surface area contributed by atoms with Crippen LogP contribution in [-0.4, -0.2) is 35.4 Å². The molecule has 0 aliphatic rings. The van der Waals surface area contributed by atoms with Crippen LogP contribution in [0.15, 0.2) is 12.4 Å². The van der Waals surface area contributed by atoms with Crippen LogP contribution in [0.2, 0.25) is 0 Å². The zero-order valence-corrected chi connectivity index (χ0v) is 11.2. The fourth-order valence-electron chi connectivity index (χ4n) is 1.59. The van der Waals surface area contributed by atoms with E-state index in [-0.39, 0.29) is 5.91 Å². The van der Waals surface area contributed by atoms with Gasteiger partial charge in [-0.3, -0.25) is 9.48 Å². The molecule has 0 aromatic carbocycles. The maximum atomic E-state index is 11.8. The Kier molecular flexibility index (Phi) is 5.80. The van der Waals surface area contributed by atoms with Crippen molar-refractivity contribution in [2.75, 3.05) is 19.0 Å². The maximum absolute atomic E-state index is 11.8. The second-order valence-electron chi connectivity index (χ2n) is 4.71. The summed E-state index contributed by atoms with van der Waals surface area (Å²) in [7, 11) is 1.64. The summed E-state index contributed by atoms with van der Waals surface area (Å²) in [5.41, 5.74) is 6.46. The molecule has 0 bridgehead atoms. The van der Waals surface area contributed by atoms with Gasteiger partial charge in [0.2, 0.25) is 5.91 Å². The molecule has 1 atom stereocenters. The summed E-state index contributed by atoms with van der Waals surface area (Å²) in [6, 6.07) is -0.479. The van der Waals surface area contributed by atoms with Gasteiger partial charge in [-0.25, -0.2) is 0 Å². The van der Waals surface area contributed by atoms with Gasteiger partial charge in [0, 0.05) is 13.3 Å². The lowest BCUT2D eigenvalue weighted by Crippen LogP contribution is -2.36. The number of ether oxygens (including phenoxy) is 1. The molecule has 0 aliphatic carbocycles. The van der Waals surface area contributed by atoms with Crippen molar-refractivity contribution >= 4 is 11.6 Å². The molecule has 1 aromatic rings. The highest BCUT2D eigenvalue weighted by atomic mass is 16.5. The van der Waals surface area contributed by atoms with Crippen LogP contribution >= 0.6 is 0 Å². The van der Waals surface area contributed by atoms with Gasteiger partial charge in [-0.15, -0.1) is 0 Å². The minimum atomic E-state index is -0.479. The van der Waals surface area contributed by atoms with Crippen molar-refractivity contribution in [1.29, 1.82) is 0 Å². The van der Waals surface area contributed by atoms with Gasteiger partial charge < -0.3 is 15.8 Å². The molecule has 0 spiro atoms. The van der Waals surface area contributed by atoms with Crippen molar-refractivity contribution in [2.45, 2.75) is 32.9 Å². The van der Waals surface area contributed by atoms with E-state index in [1.807, 2.05) is 13.8 Å². The minimum Gasteiger partial charge on any atom is -0.383 e. The highest BCUT2D eigenvalue weighted by molar-refractivity contribution is 5.94. The van der Waals surface area contributed by atoms with Crippen LogP contribution in [0.5, 0.6) is 0 Å². The zero-order valence-electron chi connectivity index (χ0n) is 11.2. The van der Waals surface area contributed by atoms with Crippen molar-refractivity contribution < 1.29 is 9.53 Å². The first-order valence-corrected chi connectivity index (χ1v) is 6.10. The SMILES string of the molecule is COCCn1cc(NC(=O)C(N)CC(C)C)cn1. The molecule has 0 fully saturated rings. The summed E-state index contributed by atoms with van der Waals surface area (Å²) < 4.78 is 6.67. The fourth-order valence-corrected chi connectivity index (χ4v) is 1.59. The van der Waals surface area contributed by atoms with Gasteiger partial charge >= 0.3 is 0 Å². The number of amides is 1. The molecule has 1 aromatic heterocycles. The highest BCUT2D eigenvalue weighted by Gasteiger charge is 2.15. The van der Waals surface area contributed by atoms with Crippen LogP contribution in [0.1, 0.15) is 20.3 Å². The number of carbonyl (C=O) groups is 1. The summed E-state index contributed by atoms with van der Waals surface area (Å²) in [5, 5.41) is 6.86. The molecule has 3 N–H and O–H groups in total. The average molecular weight is 254 g/mol. The molecule has 1 rings (SSSR count). The van der Waals surface area contributed by atoms with Crippen molar-refractivity contribution in [3.8, 4) is 0 Å². The Bertz CT molecular complexity index is 376. The van der Waals surface area contributed by atoms with Crippen LogP contribution in [0.25, 0.3) is 0 Å². The molecule has 1 amide bonds. The fraction of sp³-hybridized carbons (Fsp3) is 0.667. The molecular formula is C12H22N4O2. The largest absolute Gasteiger partial charge is 0.383 e. The van der Waals surface area contributed by atoms with E-state index < -0.39 is 6.04 Å². The Balaban J connectivity index is 2.46. The summed E-state index contributed by atoms with van der Waals surface area (Å²) in [6.07, 6.45) is 4.04. The third-order valence-electron chi connectivity index (χ3n) is 2.49. The molecule has 6 heteroatoms. The Morgan fingerprint density at radius 2 is 2.33 bits per heavy atom. The highest BCUT2D eigenvalue weighted by Crippen LogP contribution is 2.08. The number of nitrogens with zero attached hydrogens (tertiary/aromatic N) is 2. The first kappa shape index (κ1) is 14.7. The number of methoxy groups -OCH3 is 1. The molecule has 1 unspecified atom stereocenters. The van der Waals surface area contributed by atoms with Gasteiger partial charge in [-0.1, -0.05) is 13.8 Å². The Labute approximate surface area is 107 Å².